The molecule has 0 atom stereocenters. The van der Waals surface area contributed by atoms with Gasteiger partial charge in [-0.2, -0.15) is 21.6 Å². The van der Waals surface area contributed by atoms with Crippen LogP contribution < -0.4 is 4.74 Å². The zero-order valence-electron chi connectivity index (χ0n) is 11.3. The first-order valence-electron chi connectivity index (χ1n) is 5.53. The predicted octanol–water partition coefficient (Wildman–Crippen LogP) is 2.91. The molecule has 0 aliphatic rings. The zero-order valence-corrected chi connectivity index (χ0v) is 12.1. The number of alkyl halides is 3. The van der Waals surface area contributed by atoms with Crippen LogP contribution in [0.5, 0.6) is 5.75 Å². The third-order valence-electron chi connectivity index (χ3n) is 2.35. The number of halogens is 3. The monoisotopic (exact) mass is 354 g/mol. The number of rotatable bonds is 4. The first-order valence-corrected chi connectivity index (χ1v) is 6.97. The third-order valence-corrected chi connectivity index (χ3v) is 3.24. The molecule has 0 spiro atoms. The summed E-state index contributed by atoms with van der Waals surface area (Å²) >= 11 is 0. The number of hydrogen-bond donors (Lipinski definition) is 2. The van der Waals surface area contributed by atoms with E-state index in [0.717, 1.165) is 0 Å². The second kappa shape index (κ2) is 6.34. The van der Waals surface area contributed by atoms with Gasteiger partial charge in [0, 0.05) is 10.9 Å². The molecule has 0 heterocycles. The lowest BCUT2D eigenvalue weighted by Gasteiger charge is -2.14. The second-order valence-electron chi connectivity index (χ2n) is 4.15. The molecule has 0 saturated carbocycles. The van der Waals surface area contributed by atoms with Crippen LogP contribution in [0.1, 0.15) is 12.5 Å². The van der Waals surface area contributed by atoms with Gasteiger partial charge in [0.15, 0.2) is 5.75 Å². The summed E-state index contributed by atoms with van der Waals surface area (Å²) in [6.45, 7) is 4.43. The van der Waals surface area contributed by atoms with Crippen molar-refractivity contribution in [2.45, 2.75) is 18.0 Å². The van der Waals surface area contributed by atoms with E-state index in [9.17, 15) is 26.4 Å². The fourth-order valence-corrected chi connectivity index (χ4v) is 2.09. The van der Waals surface area contributed by atoms with E-state index >= 15 is 0 Å². The summed E-state index contributed by atoms with van der Waals surface area (Å²) in [4.78, 5) is 9.87. The van der Waals surface area contributed by atoms with E-state index in [4.69, 9.17) is 9.76 Å². The summed E-state index contributed by atoms with van der Waals surface area (Å²) in [5, 5.41) is 13.6. The highest BCUT2D eigenvalue weighted by atomic mass is 32.2. The van der Waals surface area contributed by atoms with Crippen LogP contribution in [-0.4, -0.2) is 24.1 Å². The van der Waals surface area contributed by atoms with E-state index in [1.165, 1.54) is 6.92 Å². The van der Waals surface area contributed by atoms with Gasteiger partial charge in [0.2, 0.25) is 0 Å². The number of nitrogens with zero attached hydrogens (tertiary/aromatic N) is 2. The van der Waals surface area contributed by atoms with Gasteiger partial charge in [0.25, 0.3) is 10.1 Å². The van der Waals surface area contributed by atoms with Crippen molar-refractivity contribution in [1.82, 2.24) is 0 Å². The van der Waals surface area contributed by atoms with Gasteiger partial charge < -0.3 is 9.94 Å². The summed E-state index contributed by atoms with van der Waals surface area (Å²) in [7, 11) is -5.28. The van der Waals surface area contributed by atoms with Gasteiger partial charge in [-0.1, -0.05) is 6.58 Å². The Labute approximate surface area is 127 Å². The van der Waals surface area contributed by atoms with Crippen molar-refractivity contribution in [3.63, 3.8) is 0 Å². The van der Waals surface area contributed by atoms with Gasteiger partial charge in [-0.25, -0.2) is 4.79 Å². The molecular formula is C11H9F3N2O6S. The van der Waals surface area contributed by atoms with Crippen molar-refractivity contribution in [3.05, 3.63) is 29.8 Å². The first-order chi connectivity index (χ1) is 10.4. The predicted molar refractivity (Wildman–Crippen MR) is 68.0 cm³/mol. The molecule has 1 aromatic rings. The second-order valence-corrected chi connectivity index (χ2v) is 5.54. The number of esters is 1. The molecule has 1 rings (SSSR count). The van der Waals surface area contributed by atoms with Crippen LogP contribution in [0.4, 0.5) is 18.9 Å². The van der Waals surface area contributed by atoms with E-state index in [2.05, 4.69) is 21.7 Å². The lowest BCUT2D eigenvalue weighted by Crippen LogP contribution is -2.15. The molecule has 0 fully saturated rings. The first kappa shape index (κ1) is 18.6. The van der Waals surface area contributed by atoms with E-state index < -0.39 is 44.2 Å². The van der Waals surface area contributed by atoms with E-state index in [1.807, 2.05) is 0 Å². The number of carbonyl (C=O) groups is 1. The smallest absolute Gasteiger partial charge is 0.417 e. The molecule has 1 aromatic carbocycles. The Balaban J connectivity index is 3.70. The van der Waals surface area contributed by atoms with Crippen molar-refractivity contribution in [2.75, 3.05) is 0 Å². The fraction of sp³-hybridized carbons (Fsp3) is 0.182. The SMILES string of the molecule is C=C(C)C(=O)Oc1cc(C(F)(F)F)c(S(=O)(=O)O)cc1/N=N/O. The van der Waals surface area contributed by atoms with E-state index in [1.54, 1.807) is 0 Å². The molecule has 2 N–H and O–H groups in total. The van der Waals surface area contributed by atoms with Crippen LogP contribution in [0.25, 0.3) is 0 Å². The Hall–Kier alpha value is -2.47. The number of benzene rings is 1. The molecule has 0 aliphatic carbocycles. The summed E-state index contributed by atoms with van der Waals surface area (Å²) in [6.07, 6.45) is -5.19. The lowest BCUT2D eigenvalue weighted by molar-refractivity contribution is -0.140. The zero-order chi connectivity index (χ0) is 18.0. The Kier molecular flexibility index (Phi) is 5.12. The van der Waals surface area contributed by atoms with Gasteiger partial charge in [-0.05, 0) is 19.1 Å². The van der Waals surface area contributed by atoms with E-state index in [-0.39, 0.29) is 17.7 Å². The molecule has 0 saturated heterocycles. The van der Waals surface area contributed by atoms with Crippen LogP contribution in [0, 0.1) is 0 Å². The minimum absolute atomic E-state index is 0.133. The Morgan fingerprint density at radius 2 is 1.91 bits per heavy atom. The average molecular weight is 354 g/mol. The summed E-state index contributed by atoms with van der Waals surface area (Å²) < 4.78 is 74.5. The summed E-state index contributed by atoms with van der Waals surface area (Å²) in [6, 6.07) is 0.382. The largest absolute Gasteiger partial charge is 0.421 e. The van der Waals surface area contributed by atoms with Crippen molar-refractivity contribution in [3.8, 4) is 5.75 Å². The molecule has 0 bridgehead atoms. The van der Waals surface area contributed by atoms with Crippen molar-refractivity contribution in [2.24, 2.45) is 10.4 Å². The van der Waals surface area contributed by atoms with Crippen LogP contribution in [0.2, 0.25) is 0 Å². The molecule has 12 heteroatoms. The van der Waals surface area contributed by atoms with Crippen molar-refractivity contribution in [1.29, 1.82) is 0 Å². The lowest BCUT2D eigenvalue weighted by atomic mass is 10.2. The summed E-state index contributed by atoms with van der Waals surface area (Å²) in [5.74, 6) is -1.96. The number of carbonyl (C=O) groups excluding carboxylic acids is 1. The third kappa shape index (κ3) is 4.50. The Morgan fingerprint density at radius 1 is 1.35 bits per heavy atom. The van der Waals surface area contributed by atoms with Gasteiger partial charge in [0.1, 0.15) is 10.6 Å². The molecule has 126 valence electrons. The molecule has 0 aromatic heterocycles. The minimum Gasteiger partial charge on any atom is -0.421 e. The number of hydrogen-bond acceptors (Lipinski definition) is 6. The highest BCUT2D eigenvalue weighted by Gasteiger charge is 2.38. The van der Waals surface area contributed by atoms with Crippen LogP contribution in [0.15, 0.2) is 39.6 Å². The maximum Gasteiger partial charge on any atom is 0.417 e. The maximum atomic E-state index is 12.9. The van der Waals surface area contributed by atoms with Gasteiger partial charge in [-0.15, -0.1) is 5.11 Å². The van der Waals surface area contributed by atoms with Gasteiger partial charge in [-0.3, -0.25) is 4.55 Å². The Morgan fingerprint density at radius 3 is 2.30 bits per heavy atom. The van der Waals surface area contributed by atoms with Crippen LogP contribution in [-0.2, 0) is 21.1 Å². The minimum atomic E-state index is -5.28. The van der Waals surface area contributed by atoms with Crippen molar-refractivity contribution < 1.29 is 40.9 Å². The van der Waals surface area contributed by atoms with Crippen LogP contribution >= 0.6 is 0 Å². The topological polar surface area (TPSA) is 126 Å². The van der Waals surface area contributed by atoms with Crippen LogP contribution in [0.3, 0.4) is 0 Å². The normalized spacial score (nSPS) is 12.4. The fourth-order valence-electron chi connectivity index (χ4n) is 1.38. The summed E-state index contributed by atoms with van der Waals surface area (Å²) in [5.41, 5.74) is -2.69. The van der Waals surface area contributed by atoms with Crippen molar-refractivity contribution >= 4 is 21.8 Å². The highest BCUT2D eigenvalue weighted by Crippen LogP contribution is 2.41. The molecule has 0 radical (unpaired) electrons. The molecule has 0 aliphatic heterocycles. The quantitative estimate of drug-likeness (QED) is 0.214. The van der Waals surface area contributed by atoms with Gasteiger partial charge >= 0.3 is 12.1 Å². The molecule has 0 unspecified atom stereocenters. The average Bonchev–Trinajstić information content (AvgIpc) is 2.37. The number of ether oxygens (including phenoxy) is 1. The van der Waals surface area contributed by atoms with E-state index in [0.29, 0.717) is 0 Å². The Bertz CT molecular complexity index is 786. The standard InChI is InChI=1S/C11H9F3N2O6S/c1-5(2)10(17)22-8-3-6(11(12,13)14)9(23(19,20)21)4-7(8)15-16-18/h3-4H,1H2,2H3,(H,15,18)(H,19,20,21). The van der Waals surface area contributed by atoms with Gasteiger partial charge in [0.05, 0.1) is 5.56 Å². The molecule has 8 nitrogen and oxygen atoms in total. The highest BCUT2D eigenvalue weighted by molar-refractivity contribution is 7.85. The molecule has 0 amide bonds. The molecule has 23 heavy (non-hydrogen) atoms. The molecular weight excluding hydrogens is 345 g/mol. The maximum absolute atomic E-state index is 12.9.